The summed E-state index contributed by atoms with van der Waals surface area (Å²) in [6.07, 6.45) is 0. The second kappa shape index (κ2) is 6.49. The Morgan fingerprint density at radius 2 is 1.90 bits per heavy atom. The molecule has 0 aromatic heterocycles. The van der Waals surface area contributed by atoms with Crippen LogP contribution < -0.4 is 4.74 Å². The van der Waals surface area contributed by atoms with E-state index < -0.39 is 11.6 Å². The number of benzene rings is 2. The second-order valence-electron chi connectivity index (χ2n) is 4.07. The van der Waals surface area contributed by atoms with Gasteiger partial charge in [-0.05, 0) is 24.3 Å². The third kappa shape index (κ3) is 3.14. The van der Waals surface area contributed by atoms with E-state index in [1.54, 1.807) is 12.1 Å². The molecule has 2 nitrogen and oxygen atoms in total. The number of nitrogens with zero attached hydrogens (tertiary/aromatic N) is 1. The highest BCUT2D eigenvalue weighted by Crippen LogP contribution is 2.26. The van der Waals surface area contributed by atoms with Gasteiger partial charge in [-0.3, -0.25) is 0 Å². The van der Waals surface area contributed by atoms with E-state index in [1.165, 1.54) is 24.3 Å². The Labute approximate surface area is 123 Å². The molecular formula is C15H10BrF2NO. The average Bonchev–Trinajstić information content (AvgIpc) is 2.47. The maximum Gasteiger partial charge on any atom is 0.165 e. The first-order valence-electron chi connectivity index (χ1n) is 5.80. The van der Waals surface area contributed by atoms with E-state index in [2.05, 4.69) is 15.9 Å². The lowest BCUT2D eigenvalue weighted by atomic mass is 10.1. The van der Waals surface area contributed by atoms with Crippen molar-refractivity contribution >= 4 is 15.9 Å². The SMILES string of the molecule is N#Cc1ccc(F)c(COc2c(F)cccc2CBr)c1. The normalized spacial score (nSPS) is 10.1. The minimum atomic E-state index is -0.501. The third-order valence-corrected chi connectivity index (χ3v) is 3.34. The molecule has 0 unspecified atom stereocenters. The van der Waals surface area contributed by atoms with Gasteiger partial charge in [0.25, 0.3) is 0 Å². The minimum Gasteiger partial charge on any atom is -0.485 e. The quantitative estimate of drug-likeness (QED) is 0.779. The van der Waals surface area contributed by atoms with Crippen molar-refractivity contribution in [1.29, 1.82) is 5.26 Å². The fourth-order valence-corrected chi connectivity index (χ4v) is 2.17. The number of halogens is 3. The number of para-hydroxylation sites is 1. The molecule has 0 heterocycles. The molecular weight excluding hydrogens is 328 g/mol. The first kappa shape index (κ1) is 14.5. The summed E-state index contributed by atoms with van der Waals surface area (Å²) >= 11 is 3.24. The second-order valence-corrected chi connectivity index (χ2v) is 4.63. The Balaban J connectivity index is 2.23. The van der Waals surface area contributed by atoms with Crippen molar-refractivity contribution in [3.05, 3.63) is 64.7 Å². The van der Waals surface area contributed by atoms with Gasteiger partial charge < -0.3 is 4.74 Å². The smallest absolute Gasteiger partial charge is 0.165 e. The van der Waals surface area contributed by atoms with Gasteiger partial charge in [-0.1, -0.05) is 28.1 Å². The molecule has 0 saturated carbocycles. The van der Waals surface area contributed by atoms with Crippen LogP contribution in [0.2, 0.25) is 0 Å². The monoisotopic (exact) mass is 337 g/mol. The van der Waals surface area contributed by atoms with Gasteiger partial charge in [-0.25, -0.2) is 8.78 Å². The molecule has 5 heteroatoms. The molecule has 2 aromatic carbocycles. The lowest BCUT2D eigenvalue weighted by Gasteiger charge is -2.11. The minimum absolute atomic E-state index is 0.0890. The van der Waals surface area contributed by atoms with Crippen LogP contribution >= 0.6 is 15.9 Å². The fourth-order valence-electron chi connectivity index (χ4n) is 1.73. The molecule has 0 spiro atoms. The van der Waals surface area contributed by atoms with Crippen LogP contribution in [-0.2, 0) is 11.9 Å². The Morgan fingerprint density at radius 1 is 1.10 bits per heavy atom. The van der Waals surface area contributed by atoms with Crippen molar-refractivity contribution in [3.8, 4) is 11.8 Å². The van der Waals surface area contributed by atoms with E-state index in [0.717, 1.165) is 0 Å². The van der Waals surface area contributed by atoms with E-state index >= 15 is 0 Å². The molecule has 0 aliphatic carbocycles. The Morgan fingerprint density at radius 3 is 2.60 bits per heavy atom. The summed E-state index contributed by atoms with van der Waals surface area (Å²) in [5.41, 5.74) is 1.19. The standard InChI is InChI=1S/C15H10BrF2NO/c16-7-11-2-1-3-14(18)15(11)20-9-12-6-10(8-19)4-5-13(12)17/h1-6H,7,9H2. The summed E-state index contributed by atoms with van der Waals surface area (Å²) in [7, 11) is 0. The van der Waals surface area contributed by atoms with Crippen LogP contribution in [0.15, 0.2) is 36.4 Å². The zero-order valence-corrected chi connectivity index (χ0v) is 12.0. The van der Waals surface area contributed by atoms with Crippen LogP contribution in [0.4, 0.5) is 8.78 Å². The van der Waals surface area contributed by atoms with Crippen LogP contribution in [0.25, 0.3) is 0 Å². The van der Waals surface area contributed by atoms with Gasteiger partial charge in [0, 0.05) is 16.5 Å². The summed E-state index contributed by atoms with van der Waals surface area (Å²) in [5, 5.41) is 9.22. The highest BCUT2D eigenvalue weighted by atomic mass is 79.9. The molecule has 0 bridgehead atoms. The van der Waals surface area contributed by atoms with Crippen molar-refractivity contribution in [2.75, 3.05) is 0 Å². The molecule has 0 amide bonds. The van der Waals surface area contributed by atoms with Crippen molar-refractivity contribution in [3.63, 3.8) is 0 Å². The topological polar surface area (TPSA) is 33.0 Å². The molecule has 0 N–H and O–H groups in total. The van der Waals surface area contributed by atoms with Crippen LogP contribution in [0.1, 0.15) is 16.7 Å². The van der Waals surface area contributed by atoms with Crippen LogP contribution in [0.3, 0.4) is 0 Å². The van der Waals surface area contributed by atoms with Crippen LogP contribution in [0.5, 0.6) is 5.75 Å². The molecule has 0 saturated heterocycles. The molecule has 0 radical (unpaired) electrons. The zero-order chi connectivity index (χ0) is 14.5. The lowest BCUT2D eigenvalue weighted by Crippen LogP contribution is -2.02. The van der Waals surface area contributed by atoms with Gasteiger partial charge in [0.2, 0.25) is 0 Å². The van der Waals surface area contributed by atoms with Crippen molar-refractivity contribution < 1.29 is 13.5 Å². The van der Waals surface area contributed by atoms with E-state index in [0.29, 0.717) is 16.5 Å². The van der Waals surface area contributed by atoms with Crippen molar-refractivity contribution in [2.24, 2.45) is 0 Å². The van der Waals surface area contributed by atoms with Gasteiger partial charge >= 0.3 is 0 Å². The number of hydrogen-bond acceptors (Lipinski definition) is 2. The van der Waals surface area contributed by atoms with E-state index in [1.807, 2.05) is 6.07 Å². The predicted molar refractivity (Wildman–Crippen MR) is 74.5 cm³/mol. The summed E-state index contributed by atoms with van der Waals surface area (Å²) in [5.74, 6) is -0.898. The van der Waals surface area contributed by atoms with Gasteiger partial charge in [-0.2, -0.15) is 5.26 Å². The average molecular weight is 338 g/mol. The maximum absolute atomic E-state index is 13.7. The van der Waals surface area contributed by atoms with Gasteiger partial charge in [0.1, 0.15) is 12.4 Å². The van der Waals surface area contributed by atoms with Crippen molar-refractivity contribution in [1.82, 2.24) is 0 Å². The molecule has 2 aromatic rings. The Bertz CT molecular complexity index is 667. The lowest BCUT2D eigenvalue weighted by molar-refractivity contribution is 0.282. The molecule has 0 atom stereocenters. The number of rotatable bonds is 4. The fraction of sp³-hybridized carbons (Fsp3) is 0.133. The number of ether oxygens (including phenoxy) is 1. The Hall–Kier alpha value is -1.93. The summed E-state index contributed by atoms with van der Waals surface area (Å²) < 4.78 is 32.7. The molecule has 2 rings (SSSR count). The molecule has 0 fully saturated rings. The largest absolute Gasteiger partial charge is 0.485 e. The highest BCUT2D eigenvalue weighted by molar-refractivity contribution is 9.08. The summed E-state index contributed by atoms with van der Waals surface area (Å²) in [6, 6.07) is 10.5. The van der Waals surface area contributed by atoms with E-state index in [-0.39, 0.29) is 17.9 Å². The maximum atomic E-state index is 13.7. The number of hydrogen-bond donors (Lipinski definition) is 0. The highest BCUT2D eigenvalue weighted by Gasteiger charge is 2.11. The van der Waals surface area contributed by atoms with Crippen LogP contribution in [0, 0.1) is 23.0 Å². The van der Waals surface area contributed by atoms with Gasteiger partial charge in [0.15, 0.2) is 11.6 Å². The van der Waals surface area contributed by atoms with Crippen molar-refractivity contribution in [2.45, 2.75) is 11.9 Å². The molecule has 20 heavy (non-hydrogen) atoms. The van der Waals surface area contributed by atoms with Crippen LogP contribution in [-0.4, -0.2) is 0 Å². The molecule has 0 aliphatic heterocycles. The third-order valence-electron chi connectivity index (χ3n) is 2.74. The summed E-state index contributed by atoms with van der Waals surface area (Å²) in [6.45, 7) is -0.137. The number of alkyl halides is 1. The van der Waals surface area contributed by atoms with Gasteiger partial charge in [-0.15, -0.1) is 0 Å². The number of nitriles is 1. The van der Waals surface area contributed by atoms with Gasteiger partial charge in [0.05, 0.1) is 11.6 Å². The molecule has 102 valence electrons. The Kier molecular flexibility index (Phi) is 4.70. The zero-order valence-electron chi connectivity index (χ0n) is 10.4. The van der Waals surface area contributed by atoms with E-state index in [9.17, 15) is 8.78 Å². The van der Waals surface area contributed by atoms with E-state index in [4.69, 9.17) is 10.00 Å². The predicted octanol–water partition coefficient (Wildman–Crippen LogP) is 4.31. The summed E-state index contributed by atoms with van der Waals surface area (Å²) in [4.78, 5) is 0. The first-order valence-corrected chi connectivity index (χ1v) is 6.92. The first-order chi connectivity index (χ1) is 9.65. The molecule has 0 aliphatic rings.